The number of hydrogen-bond acceptors (Lipinski definition) is 8. The highest BCUT2D eigenvalue weighted by molar-refractivity contribution is 5.98. The SMILES string of the molecule is Cc1ncc(CC(=O)c2cc(OC(F)(F)F)cc(N3CCN(C)CC3)c2)cc1-n1cc(-c2cccnc2)nn1. The normalized spacial score (nSPS) is 14.4. The smallest absolute Gasteiger partial charge is 0.406 e. The molecule has 0 saturated carbocycles. The average Bonchev–Trinajstić information content (AvgIpc) is 3.40. The maximum Gasteiger partial charge on any atom is 0.573 e. The van der Waals surface area contributed by atoms with E-state index >= 15 is 0 Å². The topological polar surface area (TPSA) is 89.3 Å². The molecule has 0 bridgehead atoms. The van der Waals surface area contributed by atoms with Gasteiger partial charge >= 0.3 is 6.36 Å². The van der Waals surface area contributed by atoms with E-state index in [-0.39, 0.29) is 17.8 Å². The summed E-state index contributed by atoms with van der Waals surface area (Å²) < 4.78 is 44.9. The number of aromatic nitrogens is 5. The number of hydrogen-bond donors (Lipinski definition) is 0. The van der Waals surface area contributed by atoms with Crippen LogP contribution in [0.5, 0.6) is 5.75 Å². The van der Waals surface area contributed by atoms with Crippen molar-refractivity contribution in [2.45, 2.75) is 19.7 Å². The Bertz CT molecular complexity index is 1470. The summed E-state index contributed by atoms with van der Waals surface area (Å²) in [5.74, 6) is -0.778. The van der Waals surface area contributed by atoms with Crippen LogP contribution in [-0.4, -0.2) is 75.2 Å². The second kappa shape index (κ2) is 10.8. The molecule has 39 heavy (non-hydrogen) atoms. The van der Waals surface area contributed by atoms with Crippen molar-refractivity contribution in [2.75, 3.05) is 38.1 Å². The van der Waals surface area contributed by atoms with Gasteiger partial charge in [-0.2, -0.15) is 0 Å². The van der Waals surface area contributed by atoms with Crippen LogP contribution in [0, 0.1) is 6.92 Å². The zero-order chi connectivity index (χ0) is 27.6. The predicted molar refractivity (Wildman–Crippen MR) is 138 cm³/mol. The Hall–Kier alpha value is -4.32. The van der Waals surface area contributed by atoms with E-state index < -0.39 is 12.1 Å². The van der Waals surface area contributed by atoms with E-state index in [0.717, 1.165) is 24.7 Å². The van der Waals surface area contributed by atoms with E-state index in [1.165, 1.54) is 6.07 Å². The molecule has 0 amide bonds. The number of anilines is 1. The largest absolute Gasteiger partial charge is 0.573 e. The second-order valence-electron chi connectivity index (χ2n) is 9.39. The lowest BCUT2D eigenvalue weighted by molar-refractivity contribution is -0.274. The highest BCUT2D eigenvalue weighted by Crippen LogP contribution is 2.30. The van der Waals surface area contributed by atoms with Crippen LogP contribution in [0.25, 0.3) is 16.9 Å². The molecular weight excluding hydrogens is 511 g/mol. The van der Waals surface area contributed by atoms with Crippen LogP contribution in [0.15, 0.2) is 61.2 Å². The van der Waals surface area contributed by atoms with Gasteiger partial charge < -0.3 is 14.5 Å². The van der Waals surface area contributed by atoms with Gasteiger partial charge in [0.25, 0.3) is 0 Å². The van der Waals surface area contributed by atoms with Crippen molar-refractivity contribution in [3.05, 3.63) is 78.0 Å². The molecule has 1 aliphatic heterocycles. The van der Waals surface area contributed by atoms with Gasteiger partial charge in [-0.25, -0.2) is 4.68 Å². The number of ketones is 1. The standard InChI is InChI=1S/C27H26F3N7O2/c1-18-25(37-17-24(33-34-37)20-4-3-5-31-16-20)10-19(15-32-18)11-26(38)21-12-22(36-8-6-35(2)7-9-36)14-23(13-21)39-27(28,29)30/h3-5,10,12-17H,6-9,11H2,1-2H3. The first kappa shape index (κ1) is 26.3. The monoisotopic (exact) mass is 537 g/mol. The number of halogens is 3. The molecule has 12 heteroatoms. The fourth-order valence-electron chi connectivity index (χ4n) is 4.39. The van der Waals surface area contributed by atoms with Gasteiger partial charge in [0.05, 0.1) is 17.6 Å². The molecular formula is C27H26F3N7O2. The van der Waals surface area contributed by atoms with E-state index in [2.05, 4.69) is 29.9 Å². The number of pyridine rings is 2. The molecule has 3 aromatic heterocycles. The Morgan fingerprint density at radius 3 is 2.59 bits per heavy atom. The molecule has 0 aliphatic carbocycles. The number of alkyl halides is 3. The van der Waals surface area contributed by atoms with E-state index in [1.54, 1.807) is 47.7 Å². The molecule has 1 aliphatic rings. The molecule has 0 atom stereocenters. The van der Waals surface area contributed by atoms with Crippen LogP contribution in [-0.2, 0) is 6.42 Å². The van der Waals surface area contributed by atoms with E-state index in [1.807, 2.05) is 24.9 Å². The Morgan fingerprint density at radius 2 is 1.87 bits per heavy atom. The third kappa shape index (κ3) is 6.40. The van der Waals surface area contributed by atoms with Gasteiger partial charge in [-0.15, -0.1) is 18.3 Å². The summed E-state index contributed by atoms with van der Waals surface area (Å²) in [5, 5.41) is 8.40. The lowest BCUT2D eigenvalue weighted by Gasteiger charge is -2.34. The van der Waals surface area contributed by atoms with Gasteiger partial charge in [-0.05, 0) is 49.9 Å². The number of rotatable bonds is 7. The Balaban J connectivity index is 1.40. The molecule has 0 radical (unpaired) electrons. The minimum atomic E-state index is -4.87. The lowest BCUT2D eigenvalue weighted by Crippen LogP contribution is -2.44. The maximum absolute atomic E-state index is 13.3. The number of aryl methyl sites for hydroxylation is 1. The summed E-state index contributed by atoms with van der Waals surface area (Å²) in [5.41, 5.74) is 3.97. The molecule has 202 valence electrons. The molecule has 9 nitrogen and oxygen atoms in total. The number of ether oxygens (including phenoxy) is 1. The van der Waals surface area contributed by atoms with Crippen LogP contribution in [0.2, 0.25) is 0 Å². The van der Waals surface area contributed by atoms with Crippen molar-refractivity contribution in [3.8, 4) is 22.7 Å². The van der Waals surface area contributed by atoms with Crippen molar-refractivity contribution in [1.82, 2.24) is 29.9 Å². The van der Waals surface area contributed by atoms with Crippen molar-refractivity contribution in [1.29, 1.82) is 0 Å². The van der Waals surface area contributed by atoms with Crippen LogP contribution in [0.1, 0.15) is 21.6 Å². The van der Waals surface area contributed by atoms with Gasteiger partial charge in [-0.3, -0.25) is 14.8 Å². The molecule has 5 rings (SSSR count). The van der Waals surface area contributed by atoms with Gasteiger partial charge in [-0.1, -0.05) is 5.21 Å². The van der Waals surface area contributed by atoms with Crippen molar-refractivity contribution < 1.29 is 22.7 Å². The van der Waals surface area contributed by atoms with Crippen LogP contribution in [0.3, 0.4) is 0 Å². The fourth-order valence-corrected chi connectivity index (χ4v) is 4.39. The zero-order valence-electron chi connectivity index (χ0n) is 21.4. The van der Waals surface area contributed by atoms with Crippen LogP contribution >= 0.6 is 0 Å². The molecule has 1 saturated heterocycles. The summed E-state index contributed by atoms with van der Waals surface area (Å²) in [6, 6.07) is 9.53. The van der Waals surface area contributed by atoms with Crippen LogP contribution in [0.4, 0.5) is 18.9 Å². The molecule has 4 aromatic rings. The molecule has 0 spiro atoms. The Kier molecular flexibility index (Phi) is 7.29. The lowest BCUT2D eigenvalue weighted by atomic mass is 10.0. The van der Waals surface area contributed by atoms with Gasteiger partial charge in [0.2, 0.25) is 0 Å². The molecule has 4 heterocycles. The first-order valence-electron chi connectivity index (χ1n) is 12.3. The maximum atomic E-state index is 13.3. The summed E-state index contributed by atoms with van der Waals surface area (Å²) in [6.07, 6.45) is 1.73. The first-order valence-corrected chi connectivity index (χ1v) is 12.3. The van der Waals surface area contributed by atoms with Gasteiger partial charge in [0.15, 0.2) is 5.78 Å². The fraction of sp³-hybridized carbons (Fsp3) is 0.296. The number of piperazine rings is 1. The number of Topliss-reactive ketones (excluding diaryl/α,β-unsaturated/α-hetero) is 1. The van der Waals surface area contributed by atoms with Crippen LogP contribution < -0.4 is 9.64 Å². The molecule has 1 aromatic carbocycles. The summed E-state index contributed by atoms with van der Waals surface area (Å²) >= 11 is 0. The molecule has 0 unspecified atom stereocenters. The number of benzene rings is 1. The first-order chi connectivity index (χ1) is 18.6. The predicted octanol–water partition coefficient (Wildman–Crippen LogP) is 4.11. The van der Waals surface area contributed by atoms with E-state index in [9.17, 15) is 18.0 Å². The van der Waals surface area contributed by atoms with Gasteiger partial charge in [0.1, 0.15) is 11.4 Å². The van der Waals surface area contributed by atoms with Crippen molar-refractivity contribution in [3.63, 3.8) is 0 Å². The molecule has 1 fully saturated rings. The van der Waals surface area contributed by atoms with Gasteiger partial charge in [0, 0.05) is 74.1 Å². The number of likely N-dealkylation sites (N-methyl/N-ethyl adjacent to an activating group) is 1. The summed E-state index contributed by atoms with van der Waals surface area (Å²) in [4.78, 5) is 25.9. The number of carbonyl (C=O) groups is 1. The Labute approximate surface area is 222 Å². The quantitative estimate of drug-likeness (QED) is 0.326. The van der Waals surface area contributed by atoms with Crippen molar-refractivity contribution >= 4 is 11.5 Å². The van der Waals surface area contributed by atoms with E-state index in [4.69, 9.17) is 0 Å². The minimum Gasteiger partial charge on any atom is -0.406 e. The number of carbonyl (C=O) groups excluding carboxylic acids is 1. The Morgan fingerprint density at radius 1 is 1.08 bits per heavy atom. The molecule has 0 N–H and O–H groups in total. The van der Waals surface area contributed by atoms with Crippen molar-refractivity contribution in [2.24, 2.45) is 0 Å². The third-order valence-corrected chi connectivity index (χ3v) is 6.49. The van der Waals surface area contributed by atoms with E-state index in [0.29, 0.717) is 41.4 Å². The third-order valence-electron chi connectivity index (χ3n) is 6.49. The average molecular weight is 538 g/mol. The zero-order valence-corrected chi connectivity index (χ0v) is 21.4. The highest BCUT2D eigenvalue weighted by atomic mass is 19.4. The summed E-state index contributed by atoms with van der Waals surface area (Å²) in [6.45, 7) is 4.59. The highest BCUT2D eigenvalue weighted by Gasteiger charge is 2.32. The summed E-state index contributed by atoms with van der Waals surface area (Å²) in [7, 11) is 1.98. The second-order valence-corrected chi connectivity index (χ2v) is 9.39. The minimum absolute atomic E-state index is 0.0674. The number of nitrogens with zero attached hydrogens (tertiary/aromatic N) is 7.